The van der Waals surface area contributed by atoms with E-state index in [1.165, 1.54) is 19.4 Å². The van der Waals surface area contributed by atoms with Crippen molar-refractivity contribution < 1.29 is 9.53 Å². The zero-order valence-corrected chi connectivity index (χ0v) is 18.8. The molecule has 5 rings (SSSR count). The summed E-state index contributed by atoms with van der Waals surface area (Å²) in [5, 5.41) is 3.42. The molecule has 2 aromatic carbocycles. The second-order valence-electron chi connectivity index (χ2n) is 8.95. The van der Waals surface area contributed by atoms with E-state index >= 15 is 0 Å². The van der Waals surface area contributed by atoms with Crippen LogP contribution in [0.4, 0.5) is 17.1 Å². The highest BCUT2D eigenvalue weighted by atomic mass is 16.5. The van der Waals surface area contributed by atoms with E-state index in [0.717, 1.165) is 73.0 Å². The molecule has 0 bridgehead atoms. The number of nitrogens with one attached hydrogen (secondary N) is 1. The van der Waals surface area contributed by atoms with Gasteiger partial charge in [0, 0.05) is 43.0 Å². The third kappa shape index (κ3) is 4.24. The highest BCUT2D eigenvalue weighted by Gasteiger charge is 2.28. The van der Waals surface area contributed by atoms with Gasteiger partial charge in [-0.3, -0.25) is 14.7 Å². The van der Waals surface area contributed by atoms with Gasteiger partial charge in [-0.15, -0.1) is 0 Å². The predicted molar refractivity (Wildman–Crippen MR) is 130 cm³/mol. The average molecular weight is 433 g/mol. The van der Waals surface area contributed by atoms with E-state index in [1.807, 2.05) is 41.4 Å². The van der Waals surface area contributed by atoms with E-state index in [-0.39, 0.29) is 5.91 Å². The summed E-state index contributed by atoms with van der Waals surface area (Å²) < 4.78 is 6.08. The minimum atomic E-state index is 0.122. The van der Waals surface area contributed by atoms with E-state index in [1.54, 1.807) is 0 Å². The third-order valence-electron chi connectivity index (χ3n) is 6.80. The first-order valence-corrected chi connectivity index (χ1v) is 11.9. The molecular formula is C26H32N4O2. The Balaban J connectivity index is 1.33. The molecule has 32 heavy (non-hydrogen) atoms. The highest BCUT2D eigenvalue weighted by molar-refractivity contribution is 6.08. The molecule has 6 nitrogen and oxygen atoms in total. The lowest BCUT2D eigenvalue weighted by atomic mass is 9.98. The number of amides is 1. The fourth-order valence-corrected chi connectivity index (χ4v) is 5.05. The second-order valence-corrected chi connectivity index (χ2v) is 8.95. The molecule has 3 heterocycles. The van der Waals surface area contributed by atoms with Crippen LogP contribution in [0.25, 0.3) is 0 Å². The first-order valence-electron chi connectivity index (χ1n) is 11.9. The summed E-state index contributed by atoms with van der Waals surface area (Å²) in [7, 11) is 0. The van der Waals surface area contributed by atoms with Gasteiger partial charge < -0.3 is 15.0 Å². The Morgan fingerprint density at radius 2 is 2.12 bits per heavy atom. The molecule has 1 saturated heterocycles. The largest absolute Gasteiger partial charge is 0.494 e. The maximum absolute atomic E-state index is 13.0. The van der Waals surface area contributed by atoms with Crippen LogP contribution in [0.5, 0.6) is 5.75 Å². The number of aryl methyl sites for hydroxylation is 1. The minimum absolute atomic E-state index is 0.122. The van der Waals surface area contributed by atoms with Gasteiger partial charge in [-0.1, -0.05) is 6.07 Å². The van der Waals surface area contributed by atoms with Gasteiger partial charge in [0.2, 0.25) is 5.91 Å². The number of benzene rings is 2. The van der Waals surface area contributed by atoms with Crippen molar-refractivity contribution in [2.45, 2.75) is 45.1 Å². The minimum Gasteiger partial charge on any atom is -0.494 e. The number of aliphatic imine (C=N–C) groups is 1. The van der Waals surface area contributed by atoms with Crippen LogP contribution in [0, 0.1) is 0 Å². The highest BCUT2D eigenvalue weighted by Crippen LogP contribution is 2.39. The van der Waals surface area contributed by atoms with Gasteiger partial charge in [-0.2, -0.15) is 0 Å². The van der Waals surface area contributed by atoms with Crippen LogP contribution in [0.1, 0.15) is 43.7 Å². The van der Waals surface area contributed by atoms with Gasteiger partial charge in [0.25, 0.3) is 0 Å². The molecule has 0 aromatic heterocycles. The Labute approximate surface area is 190 Å². The molecule has 1 fully saturated rings. The molecule has 0 saturated carbocycles. The number of anilines is 3. The summed E-state index contributed by atoms with van der Waals surface area (Å²) in [6.07, 6.45) is 6.80. The van der Waals surface area contributed by atoms with Crippen LogP contribution in [-0.2, 0) is 11.2 Å². The first-order chi connectivity index (χ1) is 15.7. The van der Waals surface area contributed by atoms with E-state index in [2.05, 4.69) is 28.2 Å². The van der Waals surface area contributed by atoms with Crippen molar-refractivity contribution in [2.24, 2.45) is 4.99 Å². The maximum atomic E-state index is 13.0. The second kappa shape index (κ2) is 9.33. The lowest BCUT2D eigenvalue weighted by Gasteiger charge is -2.31. The zero-order valence-electron chi connectivity index (χ0n) is 18.8. The number of carbonyl (C=O) groups excluding carboxylic acids is 1. The quantitative estimate of drug-likeness (QED) is 0.688. The number of likely N-dealkylation sites (tertiary alicyclic amines) is 1. The molecule has 0 aliphatic carbocycles. The Morgan fingerprint density at radius 1 is 1.19 bits per heavy atom. The molecule has 3 aliphatic rings. The van der Waals surface area contributed by atoms with Crippen LogP contribution in [0.15, 0.2) is 41.4 Å². The van der Waals surface area contributed by atoms with Crippen molar-refractivity contribution in [3.05, 3.63) is 47.5 Å². The molecule has 1 amide bonds. The standard InChI is InChI=1S/C26H32N4O2/c1-19-5-3-14-29(19)15-4-16-32-21-9-10-24-20(17-21)8-11-26(31)30(24)25-7-2-6-23-22(25)18-27-12-13-28-23/h2,6-7,9-10,17-19,28H,3-5,8,11-16H2,1H3/t19-/m1/s1. The fraction of sp³-hybridized carbons (Fsp3) is 0.462. The van der Waals surface area contributed by atoms with Crippen LogP contribution >= 0.6 is 0 Å². The molecule has 2 aromatic rings. The molecule has 0 radical (unpaired) electrons. The van der Waals surface area contributed by atoms with Gasteiger partial charge in [0.05, 0.1) is 24.5 Å². The number of hydrogen-bond acceptors (Lipinski definition) is 5. The number of rotatable bonds is 6. The van der Waals surface area contributed by atoms with Crippen molar-refractivity contribution in [3.8, 4) is 5.75 Å². The summed E-state index contributed by atoms with van der Waals surface area (Å²) >= 11 is 0. The molecule has 0 spiro atoms. The molecule has 6 heteroatoms. The Kier molecular flexibility index (Phi) is 6.12. The predicted octanol–water partition coefficient (Wildman–Crippen LogP) is 4.40. The summed E-state index contributed by atoms with van der Waals surface area (Å²) in [4.78, 5) is 21.9. The third-order valence-corrected chi connectivity index (χ3v) is 6.80. The van der Waals surface area contributed by atoms with Gasteiger partial charge in [-0.25, -0.2) is 0 Å². The van der Waals surface area contributed by atoms with Crippen LogP contribution < -0.4 is 15.0 Å². The SMILES string of the molecule is C[C@@H]1CCCN1CCCOc1ccc2c(c1)CCC(=O)N2c1cccc2c1C=NCCN2. The van der Waals surface area contributed by atoms with Crippen molar-refractivity contribution in [1.29, 1.82) is 0 Å². The monoisotopic (exact) mass is 432 g/mol. The molecule has 1 atom stereocenters. The van der Waals surface area contributed by atoms with Crippen LogP contribution in [0.2, 0.25) is 0 Å². The van der Waals surface area contributed by atoms with E-state index in [4.69, 9.17) is 4.74 Å². The van der Waals surface area contributed by atoms with Crippen molar-refractivity contribution in [3.63, 3.8) is 0 Å². The normalized spacial score (nSPS) is 20.5. The summed E-state index contributed by atoms with van der Waals surface area (Å²) in [5.74, 6) is 1.01. The first kappa shape index (κ1) is 21.0. The van der Waals surface area contributed by atoms with E-state index in [9.17, 15) is 4.79 Å². The Hall–Kier alpha value is -2.86. The Morgan fingerprint density at radius 3 is 3.00 bits per heavy atom. The number of benzodiazepines with no additional fused rings is 1. The van der Waals surface area contributed by atoms with Crippen molar-refractivity contribution in [1.82, 2.24) is 4.90 Å². The molecule has 1 N–H and O–H groups in total. The van der Waals surface area contributed by atoms with E-state index < -0.39 is 0 Å². The van der Waals surface area contributed by atoms with E-state index in [0.29, 0.717) is 12.5 Å². The Bertz CT molecular complexity index is 1020. The topological polar surface area (TPSA) is 57.2 Å². The summed E-state index contributed by atoms with van der Waals surface area (Å²) in [6, 6.07) is 12.9. The van der Waals surface area contributed by atoms with Crippen molar-refractivity contribution >= 4 is 29.2 Å². The number of hydrogen-bond donors (Lipinski definition) is 1. The van der Waals surface area contributed by atoms with Crippen molar-refractivity contribution in [2.75, 3.05) is 43.0 Å². The van der Waals surface area contributed by atoms with Gasteiger partial charge >= 0.3 is 0 Å². The smallest absolute Gasteiger partial charge is 0.231 e. The molecule has 168 valence electrons. The number of nitrogens with zero attached hydrogens (tertiary/aromatic N) is 3. The maximum Gasteiger partial charge on any atom is 0.231 e. The average Bonchev–Trinajstić information content (AvgIpc) is 3.06. The van der Waals surface area contributed by atoms with Gasteiger partial charge in [0.15, 0.2) is 0 Å². The number of carbonyl (C=O) groups is 1. The van der Waals surface area contributed by atoms with Gasteiger partial charge in [-0.05, 0) is 75.0 Å². The zero-order chi connectivity index (χ0) is 21.9. The van der Waals surface area contributed by atoms with Gasteiger partial charge in [0.1, 0.15) is 5.75 Å². The molecular weight excluding hydrogens is 400 g/mol. The number of fused-ring (bicyclic) bond motifs is 2. The molecule has 0 unspecified atom stereocenters. The summed E-state index contributed by atoms with van der Waals surface area (Å²) in [6.45, 7) is 6.89. The lowest BCUT2D eigenvalue weighted by molar-refractivity contribution is -0.118. The lowest BCUT2D eigenvalue weighted by Crippen LogP contribution is -2.31. The summed E-state index contributed by atoms with van der Waals surface area (Å²) in [5.41, 5.74) is 5.00. The van der Waals surface area contributed by atoms with Crippen LogP contribution in [-0.4, -0.2) is 55.8 Å². The van der Waals surface area contributed by atoms with Crippen LogP contribution in [0.3, 0.4) is 0 Å². The fourth-order valence-electron chi connectivity index (χ4n) is 5.05. The number of ether oxygens (including phenoxy) is 1. The molecule has 3 aliphatic heterocycles.